The van der Waals surface area contributed by atoms with Gasteiger partial charge in [0, 0.05) is 30.0 Å². The van der Waals surface area contributed by atoms with Crippen LogP contribution in [0.25, 0.3) is 16.7 Å². The summed E-state index contributed by atoms with van der Waals surface area (Å²) in [5, 5.41) is 12.5. The van der Waals surface area contributed by atoms with Crippen molar-refractivity contribution in [2.75, 3.05) is 29.9 Å². The molecule has 0 saturated carbocycles. The molecule has 36 heavy (non-hydrogen) atoms. The van der Waals surface area contributed by atoms with Crippen LogP contribution in [-0.4, -0.2) is 40.6 Å². The van der Waals surface area contributed by atoms with Gasteiger partial charge in [0.25, 0.3) is 5.91 Å². The average molecular weight is 486 g/mol. The van der Waals surface area contributed by atoms with E-state index in [1.54, 1.807) is 16.9 Å². The summed E-state index contributed by atoms with van der Waals surface area (Å²) in [5.41, 5.74) is 6.92. The summed E-state index contributed by atoms with van der Waals surface area (Å²) in [6.45, 7) is 13.0. The lowest BCUT2D eigenvalue weighted by Gasteiger charge is -2.22. The van der Waals surface area contributed by atoms with Gasteiger partial charge in [0.05, 0.1) is 12.3 Å². The molecule has 0 saturated heterocycles. The summed E-state index contributed by atoms with van der Waals surface area (Å²) >= 11 is 0. The Morgan fingerprint density at radius 3 is 2.39 bits per heavy atom. The zero-order valence-corrected chi connectivity index (χ0v) is 21.8. The van der Waals surface area contributed by atoms with Crippen molar-refractivity contribution in [3.05, 3.63) is 71.3 Å². The molecule has 0 fully saturated rings. The van der Waals surface area contributed by atoms with Gasteiger partial charge in [-0.2, -0.15) is 4.80 Å². The Morgan fingerprint density at radius 2 is 1.69 bits per heavy atom. The molecular formula is C29H35N5O2. The predicted octanol–water partition coefficient (Wildman–Crippen LogP) is 6.31. The number of hydrogen-bond donors (Lipinski definition) is 1. The minimum atomic E-state index is -0.186. The van der Waals surface area contributed by atoms with E-state index < -0.39 is 0 Å². The minimum Gasteiger partial charge on any atom is -0.494 e. The zero-order chi connectivity index (χ0) is 25.7. The topological polar surface area (TPSA) is 72.3 Å². The summed E-state index contributed by atoms with van der Waals surface area (Å²) in [7, 11) is 0. The van der Waals surface area contributed by atoms with Crippen LogP contribution in [0.15, 0.2) is 54.6 Å². The van der Waals surface area contributed by atoms with E-state index in [9.17, 15) is 4.79 Å². The van der Waals surface area contributed by atoms with Gasteiger partial charge in [-0.15, -0.1) is 10.2 Å². The number of aromatic nitrogens is 3. The summed E-state index contributed by atoms with van der Waals surface area (Å²) in [6.07, 6.45) is 2.05. The lowest BCUT2D eigenvalue weighted by atomic mass is 10.1. The van der Waals surface area contributed by atoms with Gasteiger partial charge in [-0.05, 0) is 93.8 Å². The third-order valence-corrected chi connectivity index (χ3v) is 6.36. The molecule has 0 spiro atoms. The standard InChI is InChI=1S/C29H35N5O2/c1-6-9-15-36-24-12-10-11-22(18-24)29(35)30-25-19-27-26(17-20(25)4)31-34(32-27)28-14-13-23(16-21(28)5)33(7-2)8-3/h10-14,16-19H,6-9,15H2,1-5H3,(H,30,35). The molecule has 4 rings (SSSR count). The van der Waals surface area contributed by atoms with E-state index in [2.05, 4.69) is 56.1 Å². The van der Waals surface area contributed by atoms with Crippen molar-refractivity contribution < 1.29 is 9.53 Å². The molecule has 0 aliphatic rings. The molecule has 3 aromatic carbocycles. The number of unbranched alkanes of at least 4 members (excludes halogenated alkanes) is 1. The summed E-state index contributed by atoms with van der Waals surface area (Å²) in [4.78, 5) is 17.0. The number of nitrogens with one attached hydrogen (secondary N) is 1. The van der Waals surface area contributed by atoms with E-state index in [-0.39, 0.29) is 5.91 Å². The number of carbonyl (C=O) groups is 1. The molecule has 0 atom stereocenters. The summed E-state index contributed by atoms with van der Waals surface area (Å²) < 4.78 is 5.75. The Bertz CT molecular complexity index is 1360. The van der Waals surface area contributed by atoms with E-state index in [1.807, 2.05) is 31.2 Å². The van der Waals surface area contributed by atoms with Crippen LogP contribution >= 0.6 is 0 Å². The molecule has 1 N–H and O–H groups in total. The number of benzene rings is 3. The summed E-state index contributed by atoms with van der Waals surface area (Å²) in [6, 6.07) is 17.5. The number of anilines is 2. The van der Waals surface area contributed by atoms with Gasteiger partial charge < -0.3 is 15.0 Å². The molecule has 0 radical (unpaired) electrons. The number of nitrogens with zero attached hydrogens (tertiary/aromatic N) is 4. The van der Waals surface area contributed by atoms with E-state index in [0.29, 0.717) is 23.6 Å². The Morgan fingerprint density at radius 1 is 0.944 bits per heavy atom. The van der Waals surface area contributed by atoms with Gasteiger partial charge in [-0.25, -0.2) is 0 Å². The third kappa shape index (κ3) is 5.51. The van der Waals surface area contributed by atoms with E-state index in [0.717, 1.165) is 53.8 Å². The number of amides is 1. The van der Waals surface area contributed by atoms with Crippen molar-refractivity contribution in [3.8, 4) is 11.4 Å². The van der Waals surface area contributed by atoms with Crippen LogP contribution in [0.4, 0.5) is 11.4 Å². The van der Waals surface area contributed by atoms with Crippen LogP contribution in [-0.2, 0) is 0 Å². The zero-order valence-electron chi connectivity index (χ0n) is 21.8. The fourth-order valence-corrected chi connectivity index (χ4v) is 4.22. The molecule has 0 aliphatic carbocycles. The first kappa shape index (κ1) is 25.2. The Hall–Kier alpha value is -3.87. The van der Waals surface area contributed by atoms with Crippen LogP contribution in [0.5, 0.6) is 5.75 Å². The highest BCUT2D eigenvalue weighted by Gasteiger charge is 2.14. The second-order valence-corrected chi connectivity index (χ2v) is 8.97. The van der Waals surface area contributed by atoms with Crippen LogP contribution in [0.3, 0.4) is 0 Å². The molecule has 188 valence electrons. The molecule has 0 bridgehead atoms. The van der Waals surface area contributed by atoms with Crippen molar-refractivity contribution in [1.29, 1.82) is 0 Å². The van der Waals surface area contributed by atoms with Crippen LogP contribution in [0, 0.1) is 13.8 Å². The predicted molar refractivity (Wildman–Crippen MR) is 147 cm³/mol. The molecule has 1 aromatic heterocycles. The SMILES string of the molecule is CCCCOc1cccc(C(=O)Nc2cc3nn(-c4ccc(N(CC)CC)cc4C)nc3cc2C)c1. The fourth-order valence-electron chi connectivity index (χ4n) is 4.22. The minimum absolute atomic E-state index is 0.186. The first-order chi connectivity index (χ1) is 17.4. The maximum absolute atomic E-state index is 13.0. The Kier molecular flexibility index (Phi) is 7.88. The van der Waals surface area contributed by atoms with Gasteiger partial charge >= 0.3 is 0 Å². The van der Waals surface area contributed by atoms with Crippen LogP contribution in [0.2, 0.25) is 0 Å². The quantitative estimate of drug-likeness (QED) is 0.266. The molecule has 0 unspecified atom stereocenters. The van der Waals surface area contributed by atoms with E-state index >= 15 is 0 Å². The highest BCUT2D eigenvalue weighted by molar-refractivity contribution is 6.05. The fraction of sp³-hybridized carbons (Fsp3) is 0.345. The number of aryl methyl sites for hydroxylation is 2. The number of fused-ring (bicyclic) bond motifs is 1. The first-order valence-electron chi connectivity index (χ1n) is 12.7. The molecule has 1 amide bonds. The maximum atomic E-state index is 13.0. The highest BCUT2D eigenvalue weighted by atomic mass is 16.5. The average Bonchev–Trinajstić information content (AvgIpc) is 3.27. The number of hydrogen-bond acceptors (Lipinski definition) is 5. The highest BCUT2D eigenvalue weighted by Crippen LogP contribution is 2.26. The maximum Gasteiger partial charge on any atom is 0.255 e. The largest absolute Gasteiger partial charge is 0.494 e. The second kappa shape index (κ2) is 11.2. The molecule has 7 heteroatoms. The number of rotatable bonds is 10. The molecular weight excluding hydrogens is 450 g/mol. The number of ether oxygens (including phenoxy) is 1. The van der Waals surface area contributed by atoms with Gasteiger partial charge in [0.2, 0.25) is 0 Å². The van der Waals surface area contributed by atoms with Crippen molar-refractivity contribution in [2.24, 2.45) is 0 Å². The van der Waals surface area contributed by atoms with Crippen molar-refractivity contribution in [3.63, 3.8) is 0 Å². The van der Waals surface area contributed by atoms with Crippen molar-refractivity contribution in [2.45, 2.75) is 47.5 Å². The second-order valence-electron chi connectivity index (χ2n) is 8.97. The van der Waals surface area contributed by atoms with E-state index in [1.165, 1.54) is 5.69 Å². The number of carbonyl (C=O) groups excluding carboxylic acids is 1. The smallest absolute Gasteiger partial charge is 0.255 e. The normalized spacial score (nSPS) is 11.0. The van der Waals surface area contributed by atoms with Crippen molar-refractivity contribution in [1.82, 2.24) is 15.0 Å². The molecule has 4 aromatic rings. The lowest BCUT2D eigenvalue weighted by Crippen LogP contribution is -2.21. The molecule has 7 nitrogen and oxygen atoms in total. The first-order valence-corrected chi connectivity index (χ1v) is 12.7. The van der Waals surface area contributed by atoms with Gasteiger partial charge in [0.15, 0.2) is 0 Å². The van der Waals surface area contributed by atoms with Gasteiger partial charge in [0.1, 0.15) is 16.8 Å². The van der Waals surface area contributed by atoms with Gasteiger partial charge in [-0.1, -0.05) is 19.4 Å². The Balaban J connectivity index is 1.56. The summed E-state index contributed by atoms with van der Waals surface area (Å²) in [5.74, 6) is 0.516. The van der Waals surface area contributed by atoms with Crippen molar-refractivity contribution >= 4 is 28.3 Å². The molecule has 0 aliphatic heterocycles. The lowest BCUT2D eigenvalue weighted by molar-refractivity contribution is 0.102. The third-order valence-electron chi connectivity index (χ3n) is 6.36. The van der Waals surface area contributed by atoms with Crippen LogP contribution < -0.4 is 15.0 Å². The Labute approximate surface area is 213 Å². The van der Waals surface area contributed by atoms with Crippen LogP contribution in [0.1, 0.15) is 55.1 Å². The van der Waals surface area contributed by atoms with Gasteiger partial charge in [-0.3, -0.25) is 4.79 Å². The molecule has 1 heterocycles. The van der Waals surface area contributed by atoms with E-state index in [4.69, 9.17) is 14.9 Å². The monoisotopic (exact) mass is 485 g/mol.